The zero-order valence-corrected chi connectivity index (χ0v) is 10.6. The Labute approximate surface area is 106 Å². The van der Waals surface area contributed by atoms with Gasteiger partial charge in [-0.2, -0.15) is 0 Å². The summed E-state index contributed by atoms with van der Waals surface area (Å²) in [4.78, 5) is 19.2. The number of carboxylic acids is 1. The van der Waals surface area contributed by atoms with Crippen molar-refractivity contribution >= 4 is 21.9 Å². The molecule has 0 bridgehead atoms. The molecule has 17 heavy (non-hydrogen) atoms. The second-order valence-electron chi connectivity index (χ2n) is 3.49. The van der Waals surface area contributed by atoms with Crippen molar-refractivity contribution in [3.8, 4) is 11.3 Å². The predicted octanol–water partition coefficient (Wildman–Crippen LogP) is 2.91. The van der Waals surface area contributed by atoms with Crippen molar-refractivity contribution in [3.05, 3.63) is 46.3 Å². The molecule has 0 saturated carbocycles. The number of hydrogen-bond acceptors (Lipinski definition) is 3. The molecule has 4 nitrogen and oxygen atoms in total. The number of halogens is 1. The summed E-state index contributed by atoms with van der Waals surface area (Å²) < 4.78 is 0.934. The van der Waals surface area contributed by atoms with Crippen LogP contribution in [0.1, 0.15) is 16.2 Å². The van der Waals surface area contributed by atoms with E-state index in [1.54, 1.807) is 6.92 Å². The largest absolute Gasteiger partial charge is 0.478 e. The van der Waals surface area contributed by atoms with Gasteiger partial charge in [-0.3, -0.25) is 0 Å². The smallest absolute Gasteiger partial charge is 0.339 e. The molecule has 5 heteroatoms. The van der Waals surface area contributed by atoms with Crippen LogP contribution in [0.4, 0.5) is 0 Å². The van der Waals surface area contributed by atoms with Crippen molar-refractivity contribution in [2.45, 2.75) is 6.92 Å². The minimum absolute atomic E-state index is 0.109. The Morgan fingerprint density at radius 1 is 1.29 bits per heavy atom. The number of nitrogens with zero attached hydrogens (tertiary/aromatic N) is 2. The lowest BCUT2D eigenvalue weighted by atomic mass is 10.1. The highest BCUT2D eigenvalue weighted by molar-refractivity contribution is 9.10. The highest BCUT2D eigenvalue weighted by Gasteiger charge is 2.14. The zero-order chi connectivity index (χ0) is 12.4. The third-order valence-corrected chi connectivity index (χ3v) is 2.79. The number of benzene rings is 1. The number of aromatic carboxylic acids is 1. The van der Waals surface area contributed by atoms with Crippen LogP contribution in [0.25, 0.3) is 11.3 Å². The van der Waals surface area contributed by atoms with Crippen LogP contribution in [0.5, 0.6) is 0 Å². The molecular formula is C12H9BrN2O2. The van der Waals surface area contributed by atoms with Crippen LogP contribution in [0.3, 0.4) is 0 Å². The van der Waals surface area contributed by atoms with E-state index in [4.69, 9.17) is 5.11 Å². The van der Waals surface area contributed by atoms with E-state index < -0.39 is 5.97 Å². The Balaban J connectivity index is 2.60. The molecule has 0 unspecified atom stereocenters. The van der Waals surface area contributed by atoms with Gasteiger partial charge in [-0.25, -0.2) is 14.8 Å². The fourth-order valence-corrected chi connectivity index (χ4v) is 1.72. The van der Waals surface area contributed by atoms with Crippen LogP contribution in [0.15, 0.2) is 34.9 Å². The number of aryl methyl sites for hydroxylation is 1. The van der Waals surface area contributed by atoms with Crippen LogP contribution < -0.4 is 0 Å². The standard InChI is InChI=1S/C12H9BrN2O2/c1-7-14-6-10(12(16)17)11(15-7)8-2-4-9(13)5-3-8/h2-6H,1H3,(H,16,17). The number of carboxylic acid groups (broad SMARTS) is 1. The third-order valence-electron chi connectivity index (χ3n) is 2.26. The minimum atomic E-state index is -1.03. The van der Waals surface area contributed by atoms with E-state index in [2.05, 4.69) is 25.9 Å². The van der Waals surface area contributed by atoms with E-state index in [0.717, 1.165) is 10.0 Å². The normalized spacial score (nSPS) is 10.2. The number of carbonyl (C=O) groups is 1. The average Bonchev–Trinajstić information content (AvgIpc) is 2.29. The lowest BCUT2D eigenvalue weighted by molar-refractivity contribution is 0.0697. The fourth-order valence-electron chi connectivity index (χ4n) is 1.45. The molecule has 0 fully saturated rings. The summed E-state index contributed by atoms with van der Waals surface area (Å²) in [6.07, 6.45) is 1.34. The van der Waals surface area contributed by atoms with Gasteiger partial charge in [0.05, 0.1) is 5.69 Å². The maximum atomic E-state index is 11.1. The van der Waals surface area contributed by atoms with Gasteiger partial charge in [0.1, 0.15) is 11.4 Å². The van der Waals surface area contributed by atoms with Crippen LogP contribution in [-0.2, 0) is 0 Å². The topological polar surface area (TPSA) is 63.1 Å². The third kappa shape index (κ3) is 2.50. The molecule has 1 N–H and O–H groups in total. The Bertz CT molecular complexity index is 567. The van der Waals surface area contributed by atoms with Crippen molar-refractivity contribution in [1.29, 1.82) is 0 Å². The first-order valence-corrected chi connectivity index (χ1v) is 5.70. The highest BCUT2D eigenvalue weighted by atomic mass is 79.9. The zero-order valence-electron chi connectivity index (χ0n) is 9.01. The average molecular weight is 293 g/mol. The molecule has 0 aliphatic rings. The fraction of sp³-hybridized carbons (Fsp3) is 0.0833. The number of rotatable bonds is 2. The SMILES string of the molecule is Cc1ncc(C(=O)O)c(-c2ccc(Br)cc2)n1. The predicted molar refractivity (Wildman–Crippen MR) is 66.9 cm³/mol. The summed E-state index contributed by atoms with van der Waals surface area (Å²) in [5.41, 5.74) is 1.31. The summed E-state index contributed by atoms with van der Waals surface area (Å²) in [7, 11) is 0. The second-order valence-corrected chi connectivity index (χ2v) is 4.41. The Kier molecular flexibility index (Phi) is 3.19. The summed E-state index contributed by atoms with van der Waals surface area (Å²) in [6.45, 7) is 1.73. The summed E-state index contributed by atoms with van der Waals surface area (Å²) in [6, 6.07) is 7.33. The highest BCUT2D eigenvalue weighted by Crippen LogP contribution is 2.23. The Hall–Kier alpha value is -1.75. The summed E-state index contributed by atoms with van der Waals surface area (Å²) >= 11 is 3.33. The molecule has 0 aliphatic heterocycles. The molecule has 0 amide bonds. The molecule has 0 saturated heterocycles. The van der Waals surface area contributed by atoms with Gasteiger partial charge in [-0.1, -0.05) is 28.1 Å². The first kappa shape index (κ1) is 11.7. The van der Waals surface area contributed by atoms with Gasteiger partial charge in [-0.15, -0.1) is 0 Å². The van der Waals surface area contributed by atoms with Gasteiger partial charge in [0, 0.05) is 16.2 Å². The Morgan fingerprint density at radius 3 is 2.53 bits per heavy atom. The van der Waals surface area contributed by atoms with Crippen LogP contribution in [0.2, 0.25) is 0 Å². The maximum Gasteiger partial charge on any atom is 0.339 e. The van der Waals surface area contributed by atoms with E-state index >= 15 is 0 Å². The lowest BCUT2D eigenvalue weighted by Gasteiger charge is -2.05. The van der Waals surface area contributed by atoms with Crippen molar-refractivity contribution in [1.82, 2.24) is 9.97 Å². The quantitative estimate of drug-likeness (QED) is 0.924. The van der Waals surface area contributed by atoms with Gasteiger partial charge >= 0.3 is 5.97 Å². The van der Waals surface area contributed by atoms with Gasteiger partial charge in [0.25, 0.3) is 0 Å². The Morgan fingerprint density at radius 2 is 1.94 bits per heavy atom. The maximum absolute atomic E-state index is 11.1. The van der Waals surface area contributed by atoms with Crippen LogP contribution >= 0.6 is 15.9 Å². The molecule has 0 aliphatic carbocycles. The lowest BCUT2D eigenvalue weighted by Crippen LogP contribution is -2.04. The van der Waals surface area contributed by atoms with E-state index in [0.29, 0.717) is 11.5 Å². The van der Waals surface area contributed by atoms with Gasteiger partial charge in [-0.05, 0) is 19.1 Å². The van der Waals surface area contributed by atoms with Crippen LogP contribution in [0, 0.1) is 6.92 Å². The minimum Gasteiger partial charge on any atom is -0.478 e. The van der Waals surface area contributed by atoms with E-state index in [1.807, 2.05) is 24.3 Å². The number of hydrogen-bond donors (Lipinski definition) is 1. The molecule has 1 aromatic heterocycles. The molecule has 2 rings (SSSR count). The molecular weight excluding hydrogens is 284 g/mol. The van der Waals surface area contributed by atoms with Crippen molar-refractivity contribution < 1.29 is 9.90 Å². The molecule has 1 heterocycles. The van der Waals surface area contributed by atoms with Gasteiger partial charge in [0.2, 0.25) is 0 Å². The van der Waals surface area contributed by atoms with Crippen molar-refractivity contribution in [2.24, 2.45) is 0 Å². The monoisotopic (exact) mass is 292 g/mol. The molecule has 0 atom stereocenters. The molecule has 0 spiro atoms. The summed E-state index contributed by atoms with van der Waals surface area (Å²) in [5, 5.41) is 9.08. The summed E-state index contributed by atoms with van der Waals surface area (Å²) in [5.74, 6) is -0.476. The molecule has 1 aromatic carbocycles. The second kappa shape index (κ2) is 4.63. The van der Waals surface area contributed by atoms with E-state index in [9.17, 15) is 4.79 Å². The van der Waals surface area contributed by atoms with Crippen LogP contribution in [-0.4, -0.2) is 21.0 Å². The van der Waals surface area contributed by atoms with Crippen molar-refractivity contribution in [2.75, 3.05) is 0 Å². The van der Waals surface area contributed by atoms with Gasteiger partial charge < -0.3 is 5.11 Å². The molecule has 2 aromatic rings. The number of aromatic nitrogens is 2. The van der Waals surface area contributed by atoms with E-state index in [-0.39, 0.29) is 5.56 Å². The first-order chi connectivity index (χ1) is 8.08. The van der Waals surface area contributed by atoms with Crippen molar-refractivity contribution in [3.63, 3.8) is 0 Å². The van der Waals surface area contributed by atoms with Gasteiger partial charge in [0.15, 0.2) is 0 Å². The first-order valence-electron chi connectivity index (χ1n) is 4.91. The van der Waals surface area contributed by atoms with E-state index in [1.165, 1.54) is 6.20 Å². The molecule has 86 valence electrons. The molecule has 0 radical (unpaired) electrons.